The van der Waals surface area contributed by atoms with Crippen LogP contribution in [-0.4, -0.2) is 64.3 Å². The maximum absolute atomic E-state index is 14.8. The number of hydrogen-bond acceptors (Lipinski definition) is 7. The van der Waals surface area contributed by atoms with Gasteiger partial charge >= 0.3 is 6.03 Å². The standard InChI is InChI=1S/C27H39FN6O3/c1-17(2)32(18(3)4)12-8-6-7-11-29-26-30-15-19-16-33(22-13-21(37-5)14-23(35)24(22)28)27(36)34(20-9-10-20)25(19)31-26/h13-15,17-18,20,35H,6-12,16H2,1-5H3,(H,29,30,31). The van der Waals surface area contributed by atoms with Gasteiger partial charge < -0.3 is 15.2 Å². The summed E-state index contributed by atoms with van der Waals surface area (Å²) < 4.78 is 20.0. The molecule has 0 spiro atoms. The van der Waals surface area contributed by atoms with Gasteiger partial charge in [0.1, 0.15) is 11.6 Å². The number of ether oxygens (including phenoxy) is 1. The summed E-state index contributed by atoms with van der Waals surface area (Å²) in [6.07, 6.45) is 6.67. The summed E-state index contributed by atoms with van der Waals surface area (Å²) in [6.45, 7) is 10.9. The van der Waals surface area contributed by atoms with Crippen molar-refractivity contribution in [2.45, 2.75) is 84.5 Å². The molecule has 10 heteroatoms. The third kappa shape index (κ3) is 6.06. The summed E-state index contributed by atoms with van der Waals surface area (Å²) in [4.78, 5) is 28.1. The van der Waals surface area contributed by atoms with Gasteiger partial charge in [0.25, 0.3) is 0 Å². The van der Waals surface area contributed by atoms with E-state index in [0.29, 0.717) is 23.8 Å². The van der Waals surface area contributed by atoms with E-state index in [4.69, 9.17) is 4.74 Å². The van der Waals surface area contributed by atoms with Crippen molar-refractivity contribution in [2.24, 2.45) is 0 Å². The van der Waals surface area contributed by atoms with Gasteiger partial charge in [-0.05, 0) is 59.9 Å². The molecule has 1 aliphatic heterocycles. The molecule has 2 aliphatic rings. The van der Waals surface area contributed by atoms with Crippen LogP contribution in [0.25, 0.3) is 0 Å². The number of aromatic nitrogens is 2. The first-order valence-corrected chi connectivity index (χ1v) is 13.2. The molecule has 2 heterocycles. The molecule has 9 nitrogen and oxygen atoms in total. The maximum Gasteiger partial charge on any atom is 0.330 e. The lowest BCUT2D eigenvalue weighted by Gasteiger charge is -2.36. The van der Waals surface area contributed by atoms with E-state index in [2.05, 4.69) is 47.9 Å². The summed E-state index contributed by atoms with van der Waals surface area (Å²) >= 11 is 0. The molecule has 2 N–H and O–H groups in total. The van der Waals surface area contributed by atoms with Gasteiger partial charge in [-0.2, -0.15) is 4.98 Å². The van der Waals surface area contributed by atoms with Crippen molar-refractivity contribution in [3.63, 3.8) is 0 Å². The van der Waals surface area contributed by atoms with E-state index in [-0.39, 0.29) is 30.1 Å². The highest BCUT2D eigenvalue weighted by Crippen LogP contribution is 2.41. The van der Waals surface area contributed by atoms with Crippen LogP contribution in [0.15, 0.2) is 18.3 Å². The van der Waals surface area contributed by atoms with E-state index >= 15 is 0 Å². The van der Waals surface area contributed by atoms with Crippen LogP contribution in [-0.2, 0) is 6.54 Å². The van der Waals surface area contributed by atoms with Crippen molar-refractivity contribution in [2.75, 3.05) is 35.3 Å². The van der Waals surface area contributed by atoms with Gasteiger partial charge in [-0.15, -0.1) is 0 Å². The molecule has 1 aromatic heterocycles. The quantitative estimate of drug-likeness (QED) is 0.379. The fourth-order valence-electron chi connectivity index (χ4n) is 4.90. The Morgan fingerprint density at radius 1 is 1.19 bits per heavy atom. The number of rotatable bonds is 12. The topological polar surface area (TPSA) is 94.1 Å². The summed E-state index contributed by atoms with van der Waals surface area (Å²) in [5.41, 5.74) is 0.690. The zero-order valence-corrected chi connectivity index (χ0v) is 22.5. The predicted molar refractivity (Wildman–Crippen MR) is 143 cm³/mol. The number of methoxy groups -OCH3 is 1. The Hall–Kier alpha value is -3.14. The molecule has 0 bridgehead atoms. The summed E-state index contributed by atoms with van der Waals surface area (Å²) in [5.74, 6) is -0.109. The zero-order valence-electron chi connectivity index (χ0n) is 22.5. The van der Waals surface area contributed by atoms with Gasteiger partial charge in [0.2, 0.25) is 5.95 Å². The fourth-order valence-corrected chi connectivity index (χ4v) is 4.90. The minimum atomic E-state index is -0.863. The number of phenolic OH excluding ortho intramolecular Hbond substituents is 1. The smallest absolute Gasteiger partial charge is 0.330 e. The van der Waals surface area contributed by atoms with Crippen molar-refractivity contribution in [1.29, 1.82) is 0 Å². The minimum Gasteiger partial charge on any atom is -0.505 e. The van der Waals surface area contributed by atoms with Gasteiger partial charge in [0.15, 0.2) is 11.6 Å². The summed E-state index contributed by atoms with van der Waals surface area (Å²) in [6, 6.07) is 3.34. The predicted octanol–water partition coefficient (Wildman–Crippen LogP) is 5.14. The Kier molecular flexibility index (Phi) is 8.36. The number of aromatic hydroxyl groups is 1. The Labute approximate surface area is 218 Å². The second kappa shape index (κ2) is 11.5. The van der Waals surface area contributed by atoms with E-state index < -0.39 is 11.6 Å². The number of hydrogen-bond donors (Lipinski definition) is 2. The van der Waals surface area contributed by atoms with Crippen LogP contribution in [0.2, 0.25) is 0 Å². The molecule has 4 rings (SSSR count). The van der Waals surface area contributed by atoms with Crippen molar-refractivity contribution < 1.29 is 19.0 Å². The van der Waals surface area contributed by atoms with Gasteiger partial charge in [-0.25, -0.2) is 14.2 Å². The molecule has 0 saturated heterocycles. The zero-order chi connectivity index (χ0) is 26.7. The first kappa shape index (κ1) is 26.9. The van der Waals surface area contributed by atoms with Gasteiger partial charge in [-0.1, -0.05) is 6.42 Å². The third-order valence-corrected chi connectivity index (χ3v) is 6.98. The summed E-state index contributed by atoms with van der Waals surface area (Å²) in [7, 11) is 1.43. The second-order valence-corrected chi connectivity index (χ2v) is 10.4. The van der Waals surface area contributed by atoms with Crippen LogP contribution >= 0.6 is 0 Å². The highest BCUT2D eigenvalue weighted by molar-refractivity contribution is 6.06. The molecule has 2 aromatic rings. The Morgan fingerprint density at radius 2 is 1.92 bits per heavy atom. The fraction of sp³-hybridized carbons (Fsp3) is 0.593. The van der Waals surface area contributed by atoms with Crippen LogP contribution in [0, 0.1) is 5.82 Å². The molecule has 1 fully saturated rings. The largest absolute Gasteiger partial charge is 0.505 e. The van der Waals surface area contributed by atoms with Gasteiger partial charge in [0.05, 0.1) is 19.3 Å². The number of fused-ring (bicyclic) bond motifs is 1. The number of anilines is 3. The number of nitrogens with one attached hydrogen (secondary N) is 1. The van der Waals surface area contributed by atoms with Gasteiger partial charge in [-0.3, -0.25) is 14.7 Å². The molecule has 0 radical (unpaired) electrons. The number of benzene rings is 1. The van der Waals surface area contributed by atoms with E-state index in [9.17, 15) is 14.3 Å². The van der Waals surface area contributed by atoms with E-state index in [1.807, 2.05) is 0 Å². The number of urea groups is 1. The molecule has 0 atom stereocenters. The molecule has 1 aromatic carbocycles. The SMILES string of the molecule is COc1cc(O)c(F)c(N2Cc3cnc(NCCCCCN(C(C)C)C(C)C)nc3N(C3CC3)C2=O)c1. The van der Waals surface area contributed by atoms with Crippen LogP contribution in [0.5, 0.6) is 11.5 Å². The number of unbranched alkanes of at least 4 members (excludes halogenated alkanes) is 2. The van der Waals surface area contributed by atoms with Crippen LogP contribution in [0.1, 0.15) is 65.4 Å². The first-order chi connectivity index (χ1) is 17.7. The Morgan fingerprint density at radius 3 is 2.57 bits per heavy atom. The lowest BCUT2D eigenvalue weighted by atomic mass is 10.1. The highest BCUT2D eigenvalue weighted by atomic mass is 19.1. The molecule has 1 saturated carbocycles. The molecule has 37 heavy (non-hydrogen) atoms. The van der Waals surface area contributed by atoms with Crippen LogP contribution < -0.4 is 19.9 Å². The molecule has 1 aliphatic carbocycles. The number of nitrogens with zero attached hydrogens (tertiary/aromatic N) is 5. The van der Waals surface area contributed by atoms with Crippen molar-refractivity contribution in [1.82, 2.24) is 14.9 Å². The lowest BCUT2D eigenvalue weighted by Crippen LogP contribution is -2.49. The molecule has 0 unspecified atom stereocenters. The average Bonchev–Trinajstić information content (AvgIpc) is 3.69. The first-order valence-electron chi connectivity index (χ1n) is 13.2. The van der Waals surface area contributed by atoms with Crippen LogP contribution in [0.3, 0.4) is 0 Å². The molecule has 202 valence electrons. The number of carbonyl (C=O) groups is 1. The van der Waals surface area contributed by atoms with Crippen molar-refractivity contribution in [3.8, 4) is 11.5 Å². The lowest BCUT2D eigenvalue weighted by molar-refractivity contribution is 0.171. The Bertz CT molecular complexity index is 1100. The van der Waals surface area contributed by atoms with Crippen molar-refractivity contribution >= 4 is 23.5 Å². The normalized spacial score (nSPS) is 15.6. The molecular weight excluding hydrogens is 475 g/mol. The molecule has 2 amide bonds. The molecular formula is C27H39FN6O3. The van der Waals surface area contributed by atoms with E-state index in [0.717, 1.165) is 50.8 Å². The summed E-state index contributed by atoms with van der Waals surface area (Å²) in [5, 5.41) is 13.3. The highest BCUT2D eigenvalue weighted by Gasteiger charge is 2.42. The maximum atomic E-state index is 14.8. The second-order valence-electron chi connectivity index (χ2n) is 10.4. The van der Waals surface area contributed by atoms with Crippen molar-refractivity contribution in [3.05, 3.63) is 29.7 Å². The van der Waals surface area contributed by atoms with E-state index in [1.54, 1.807) is 11.1 Å². The average molecular weight is 515 g/mol. The number of amides is 2. The number of halogens is 1. The number of phenols is 1. The van der Waals surface area contributed by atoms with Gasteiger partial charge in [0, 0.05) is 48.6 Å². The third-order valence-electron chi connectivity index (χ3n) is 6.98. The Balaban J connectivity index is 1.42. The van der Waals surface area contributed by atoms with Crippen LogP contribution in [0.4, 0.5) is 26.6 Å². The number of carbonyl (C=O) groups excluding carboxylic acids is 1. The monoisotopic (exact) mass is 514 g/mol. The van der Waals surface area contributed by atoms with E-state index in [1.165, 1.54) is 24.1 Å². The minimum absolute atomic E-state index is 0.0175.